The van der Waals surface area contributed by atoms with Crippen LogP contribution < -0.4 is 5.32 Å². The maximum absolute atomic E-state index is 11.8. The van der Waals surface area contributed by atoms with Gasteiger partial charge in [0.1, 0.15) is 5.92 Å². The van der Waals surface area contributed by atoms with Gasteiger partial charge < -0.3 is 14.8 Å². The summed E-state index contributed by atoms with van der Waals surface area (Å²) in [6, 6.07) is 0. The second kappa shape index (κ2) is 8.08. The van der Waals surface area contributed by atoms with E-state index in [2.05, 4.69) is 10.1 Å². The van der Waals surface area contributed by atoms with Crippen molar-refractivity contribution in [2.24, 2.45) is 11.8 Å². The summed E-state index contributed by atoms with van der Waals surface area (Å²) >= 11 is 0. The Kier molecular flexibility index (Phi) is 6.72. The minimum Gasteiger partial charge on any atom is -0.468 e. The zero-order valence-corrected chi connectivity index (χ0v) is 11.2. The highest BCUT2D eigenvalue weighted by atomic mass is 16.5. The molecule has 0 bridgehead atoms. The van der Waals surface area contributed by atoms with Crippen molar-refractivity contribution in [3.8, 4) is 0 Å². The molecule has 0 aromatic rings. The molecular weight excluding hydrogens is 234 g/mol. The largest absolute Gasteiger partial charge is 0.468 e. The SMILES string of the molecule is CCC(C(=O)NCCC1CCOCC1)C(=O)OC. The second-order valence-corrected chi connectivity index (χ2v) is 4.62. The quantitative estimate of drug-likeness (QED) is 0.572. The molecule has 1 amide bonds. The van der Waals surface area contributed by atoms with E-state index in [9.17, 15) is 9.59 Å². The van der Waals surface area contributed by atoms with Crippen LogP contribution in [0.2, 0.25) is 0 Å². The summed E-state index contributed by atoms with van der Waals surface area (Å²) < 4.78 is 9.88. The van der Waals surface area contributed by atoms with Crippen LogP contribution in [0.1, 0.15) is 32.6 Å². The summed E-state index contributed by atoms with van der Waals surface area (Å²) in [7, 11) is 1.31. The van der Waals surface area contributed by atoms with Crippen molar-refractivity contribution in [3.05, 3.63) is 0 Å². The van der Waals surface area contributed by atoms with E-state index in [-0.39, 0.29) is 5.91 Å². The van der Waals surface area contributed by atoms with Crippen LogP contribution in [0.25, 0.3) is 0 Å². The van der Waals surface area contributed by atoms with Crippen molar-refractivity contribution in [1.82, 2.24) is 5.32 Å². The predicted octanol–water partition coefficient (Wildman–Crippen LogP) is 1.12. The van der Waals surface area contributed by atoms with E-state index in [1.807, 2.05) is 0 Å². The van der Waals surface area contributed by atoms with Crippen molar-refractivity contribution in [1.29, 1.82) is 0 Å². The Morgan fingerprint density at radius 1 is 1.39 bits per heavy atom. The molecule has 1 aliphatic heterocycles. The van der Waals surface area contributed by atoms with Crippen LogP contribution >= 0.6 is 0 Å². The number of rotatable bonds is 6. The molecule has 5 nitrogen and oxygen atoms in total. The molecule has 0 aromatic heterocycles. The first kappa shape index (κ1) is 15.0. The molecule has 0 aliphatic carbocycles. The number of hydrogen-bond acceptors (Lipinski definition) is 4. The second-order valence-electron chi connectivity index (χ2n) is 4.62. The lowest BCUT2D eigenvalue weighted by molar-refractivity contribution is -0.150. The zero-order valence-electron chi connectivity index (χ0n) is 11.2. The van der Waals surface area contributed by atoms with Gasteiger partial charge in [0.25, 0.3) is 0 Å². The van der Waals surface area contributed by atoms with Crippen molar-refractivity contribution in [2.45, 2.75) is 32.6 Å². The third-order valence-electron chi connectivity index (χ3n) is 3.40. The van der Waals surface area contributed by atoms with Crippen LogP contribution in [0, 0.1) is 11.8 Å². The zero-order chi connectivity index (χ0) is 13.4. The van der Waals surface area contributed by atoms with Crippen LogP contribution in [-0.2, 0) is 19.1 Å². The fourth-order valence-corrected chi connectivity index (χ4v) is 2.16. The Balaban J connectivity index is 2.24. The number of hydrogen-bond donors (Lipinski definition) is 1. The highest BCUT2D eigenvalue weighted by Crippen LogP contribution is 2.17. The van der Waals surface area contributed by atoms with Gasteiger partial charge in [-0.3, -0.25) is 9.59 Å². The normalized spacial score (nSPS) is 18.1. The first-order valence-electron chi connectivity index (χ1n) is 6.62. The Morgan fingerprint density at radius 3 is 2.61 bits per heavy atom. The number of methoxy groups -OCH3 is 1. The Hall–Kier alpha value is -1.10. The summed E-state index contributed by atoms with van der Waals surface area (Å²) in [6.45, 7) is 4.06. The maximum Gasteiger partial charge on any atom is 0.318 e. The van der Waals surface area contributed by atoms with Gasteiger partial charge in [-0.15, -0.1) is 0 Å². The smallest absolute Gasteiger partial charge is 0.318 e. The third kappa shape index (κ3) is 4.64. The van der Waals surface area contributed by atoms with Crippen LogP contribution in [0.3, 0.4) is 0 Å². The molecule has 1 heterocycles. The van der Waals surface area contributed by atoms with E-state index >= 15 is 0 Å². The predicted molar refractivity (Wildman–Crippen MR) is 67.0 cm³/mol. The molecule has 18 heavy (non-hydrogen) atoms. The average Bonchev–Trinajstić information content (AvgIpc) is 2.40. The number of carbonyl (C=O) groups excluding carboxylic acids is 2. The minimum atomic E-state index is -0.676. The van der Waals surface area contributed by atoms with E-state index in [0.29, 0.717) is 18.9 Å². The van der Waals surface area contributed by atoms with Gasteiger partial charge in [-0.05, 0) is 31.6 Å². The summed E-state index contributed by atoms with van der Waals surface area (Å²) in [5.41, 5.74) is 0. The minimum absolute atomic E-state index is 0.226. The monoisotopic (exact) mass is 257 g/mol. The fraction of sp³-hybridized carbons (Fsp3) is 0.846. The highest BCUT2D eigenvalue weighted by molar-refractivity contribution is 5.97. The van der Waals surface area contributed by atoms with E-state index in [0.717, 1.165) is 32.5 Å². The van der Waals surface area contributed by atoms with E-state index in [1.54, 1.807) is 6.92 Å². The molecule has 1 atom stereocenters. The number of esters is 1. The maximum atomic E-state index is 11.8. The van der Waals surface area contributed by atoms with Gasteiger partial charge in [0.15, 0.2) is 0 Å². The molecule has 5 heteroatoms. The van der Waals surface area contributed by atoms with Crippen molar-refractivity contribution in [3.63, 3.8) is 0 Å². The Bertz CT molecular complexity index is 274. The lowest BCUT2D eigenvalue weighted by Gasteiger charge is -2.22. The first-order chi connectivity index (χ1) is 8.69. The van der Waals surface area contributed by atoms with Gasteiger partial charge in [0.2, 0.25) is 5.91 Å². The molecule has 1 saturated heterocycles. The molecule has 0 saturated carbocycles. The molecule has 1 N–H and O–H groups in total. The number of carbonyl (C=O) groups is 2. The molecular formula is C13H23NO4. The molecule has 1 rings (SSSR count). The van der Waals surface area contributed by atoms with Gasteiger partial charge >= 0.3 is 5.97 Å². The van der Waals surface area contributed by atoms with Gasteiger partial charge in [0.05, 0.1) is 7.11 Å². The van der Waals surface area contributed by atoms with Gasteiger partial charge in [-0.25, -0.2) is 0 Å². The van der Waals surface area contributed by atoms with Crippen LogP contribution in [-0.4, -0.2) is 38.7 Å². The molecule has 0 aromatic carbocycles. The highest BCUT2D eigenvalue weighted by Gasteiger charge is 2.25. The summed E-state index contributed by atoms with van der Waals surface area (Å²) in [5.74, 6) is -0.737. The average molecular weight is 257 g/mol. The van der Waals surface area contributed by atoms with Crippen molar-refractivity contribution >= 4 is 11.9 Å². The number of amides is 1. The fourth-order valence-electron chi connectivity index (χ4n) is 2.16. The third-order valence-corrected chi connectivity index (χ3v) is 3.40. The number of ether oxygens (including phenoxy) is 2. The summed E-state index contributed by atoms with van der Waals surface area (Å²) in [4.78, 5) is 23.1. The van der Waals surface area contributed by atoms with Crippen molar-refractivity contribution < 1.29 is 19.1 Å². The van der Waals surface area contributed by atoms with Crippen LogP contribution in [0.4, 0.5) is 0 Å². The van der Waals surface area contributed by atoms with Gasteiger partial charge in [-0.2, -0.15) is 0 Å². The molecule has 1 fully saturated rings. The van der Waals surface area contributed by atoms with Crippen LogP contribution in [0.15, 0.2) is 0 Å². The number of nitrogens with one attached hydrogen (secondary N) is 1. The van der Waals surface area contributed by atoms with Gasteiger partial charge in [0, 0.05) is 19.8 Å². The Morgan fingerprint density at radius 2 is 2.06 bits per heavy atom. The molecule has 104 valence electrons. The summed E-state index contributed by atoms with van der Waals surface area (Å²) in [6.07, 6.45) is 3.54. The topological polar surface area (TPSA) is 64.6 Å². The molecule has 0 spiro atoms. The van der Waals surface area contributed by atoms with Crippen molar-refractivity contribution in [2.75, 3.05) is 26.9 Å². The Labute approximate surface area is 108 Å². The lowest BCUT2D eigenvalue weighted by atomic mass is 9.96. The van der Waals surface area contributed by atoms with E-state index in [4.69, 9.17) is 4.74 Å². The standard InChI is InChI=1S/C13H23NO4/c1-3-11(13(16)17-2)12(15)14-7-4-10-5-8-18-9-6-10/h10-11H,3-9H2,1-2H3,(H,14,15). The molecule has 0 radical (unpaired) electrons. The molecule has 1 unspecified atom stereocenters. The van der Waals surface area contributed by atoms with E-state index in [1.165, 1.54) is 7.11 Å². The van der Waals surface area contributed by atoms with Gasteiger partial charge in [-0.1, -0.05) is 6.92 Å². The van der Waals surface area contributed by atoms with Crippen LogP contribution in [0.5, 0.6) is 0 Å². The lowest BCUT2D eigenvalue weighted by Crippen LogP contribution is -2.37. The van der Waals surface area contributed by atoms with E-state index < -0.39 is 11.9 Å². The first-order valence-corrected chi connectivity index (χ1v) is 6.62. The summed E-state index contributed by atoms with van der Waals surface area (Å²) in [5, 5.41) is 2.82. The molecule has 1 aliphatic rings.